The van der Waals surface area contributed by atoms with Crippen LogP contribution in [0.4, 0.5) is 8.78 Å². The van der Waals surface area contributed by atoms with E-state index in [-0.39, 0.29) is 30.0 Å². The summed E-state index contributed by atoms with van der Waals surface area (Å²) in [6, 6.07) is 3.49. The number of hydrogen-bond acceptors (Lipinski definition) is 3. The quantitative estimate of drug-likeness (QED) is 0.879. The number of nitrogens with zero attached hydrogens (tertiary/aromatic N) is 1. The second kappa shape index (κ2) is 7.25. The van der Waals surface area contributed by atoms with Crippen LogP contribution in [-0.4, -0.2) is 28.4 Å². The topological polar surface area (TPSA) is 70.8 Å². The average Bonchev–Trinajstić information content (AvgIpc) is 2.86. The first-order chi connectivity index (χ1) is 11.3. The van der Waals surface area contributed by atoms with Crippen LogP contribution in [0.2, 0.25) is 0 Å². The van der Waals surface area contributed by atoms with Crippen molar-refractivity contribution in [2.24, 2.45) is 0 Å². The predicted molar refractivity (Wildman–Crippen MR) is 81.6 cm³/mol. The molecule has 0 radical (unpaired) electrons. The Morgan fingerprint density at radius 3 is 2.42 bits per heavy atom. The molecule has 0 atom stereocenters. The Hall–Kier alpha value is -2.70. The summed E-state index contributed by atoms with van der Waals surface area (Å²) < 4.78 is 32.8. The molecule has 1 heterocycles. The van der Waals surface area contributed by atoms with E-state index in [1.54, 1.807) is 13.8 Å². The van der Waals surface area contributed by atoms with E-state index in [1.165, 1.54) is 17.2 Å². The number of amides is 1. The van der Waals surface area contributed by atoms with Crippen molar-refractivity contribution >= 4 is 11.9 Å². The maximum atomic E-state index is 13.8. The lowest BCUT2D eigenvalue weighted by molar-refractivity contribution is -0.136. The molecular weight excluding hydrogens is 320 g/mol. The molecule has 1 aromatic heterocycles. The Kier molecular flexibility index (Phi) is 5.33. The van der Waals surface area contributed by atoms with Crippen LogP contribution in [0, 0.1) is 18.6 Å². The third-order valence-corrected chi connectivity index (χ3v) is 3.66. The summed E-state index contributed by atoms with van der Waals surface area (Å²) in [4.78, 5) is 24.8. The second-order valence-electron chi connectivity index (χ2n) is 5.31. The Balaban J connectivity index is 2.33. The fourth-order valence-corrected chi connectivity index (χ4v) is 2.41. The van der Waals surface area contributed by atoms with Gasteiger partial charge in [-0.05, 0) is 26.0 Å². The summed E-state index contributed by atoms with van der Waals surface area (Å²) in [6.07, 6.45) is 0.851. The standard InChI is InChI=1S/C17H17F2NO4/c1-3-20(8-11-12(18)5-4-6-13(11)19)17(23)16-10(2)9-24-14(16)7-15(21)22/h4-6,9H,3,7-8H2,1-2H3,(H,21,22). The maximum absolute atomic E-state index is 13.8. The molecule has 2 aromatic rings. The van der Waals surface area contributed by atoms with E-state index in [1.807, 2.05) is 0 Å². The van der Waals surface area contributed by atoms with E-state index in [4.69, 9.17) is 9.52 Å². The fourth-order valence-electron chi connectivity index (χ4n) is 2.41. The van der Waals surface area contributed by atoms with Crippen molar-refractivity contribution in [3.8, 4) is 0 Å². The molecular formula is C17H17F2NO4. The number of carboxylic acid groups (broad SMARTS) is 1. The lowest BCUT2D eigenvalue weighted by Crippen LogP contribution is -2.32. The molecule has 2 rings (SSSR count). The van der Waals surface area contributed by atoms with E-state index in [2.05, 4.69) is 0 Å². The predicted octanol–water partition coefficient (Wildman–Crippen LogP) is 3.16. The van der Waals surface area contributed by atoms with Crippen molar-refractivity contribution in [1.82, 2.24) is 4.90 Å². The summed E-state index contributed by atoms with van der Waals surface area (Å²) in [7, 11) is 0. The minimum Gasteiger partial charge on any atom is -0.481 e. The van der Waals surface area contributed by atoms with Crippen molar-refractivity contribution in [2.75, 3.05) is 6.54 Å². The number of furan rings is 1. The Bertz CT molecular complexity index is 750. The summed E-state index contributed by atoms with van der Waals surface area (Å²) >= 11 is 0. The molecule has 7 heteroatoms. The molecule has 5 nitrogen and oxygen atoms in total. The maximum Gasteiger partial charge on any atom is 0.311 e. The number of aryl methyl sites for hydroxylation is 1. The van der Waals surface area contributed by atoms with Gasteiger partial charge in [-0.1, -0.05) is 6.07 Å². The van der Waals surface area contributed by atoms with Crippen molar-refractivity contribution in [3.63, 3.8) is 0 Å². The fraction of sp³-hybridized carbons (Fsp3) is 0.294. The van der Waals surface area contributed by atoms with Gasteiger partial charge in [0.2, 0.25) is 0 Å². The van der Waals surface area contributed by atoms with E-state index in [0.29, 0.717) is 5.56 Å². The number of hydrogen-bond donors (Lipinski definition) is 1. The Morgan fingerprint density at radius 1 is 1.25 bits per heavy atom. The first-order valence-corrected chi connectivity index (χ1v) is 7.36. The van der Waals surface area contributed by atoms with Crippen LogP contribution in [0.5, 0.6) is 0 Å². The molecule has 0 aliphatic carbocycles. The molecule has 128 valence electrons. The van der Waals surface area contributed by atoms with Crippen LogP contribution in [0.25, 0.3) is 0 Å². The van der Waals surface area contributed by atoms with Crippen molar-refractivity contribution in [2.45, 2.75) is 26.8 Å². The lowest BCUT2D eigenvalue weighted by atomic mass is 10.1. The van der Waals surface area contributed by atoms with Crippen LogP contribution >= 0.6 is 0 Å². The van der Waals surface area contributed by atoms with E-state index >= 15 is 0 Å². The van der Waals surface area contributed by atoms with E-state index < -0.39 is 29.9 Å². The highest BCUT2D eigenvalue weighted by Crippen LogP contribution is 2.22. The van der Waals surface area contributed by atoms with Gasteiger partial charge in [0.05, 0.1) is 18.4 Å². The lowest BCUT2D eigenvalue weighted by Gasteiger charge is -2.22. The molecule has 24 heavy (non-hydrogen) atoms. The molecule has 0 saturated heterocycles. The number of halogens is 2. The van der Waals surface area contributed by atoms with Crippen LogP contribution < -0.4 is 0 Å². The normalized spacial score (nSPS) is 10.7. The van der Waals surface area contributed by atoms with E-state index in [9.17, 15) is 18.4 Å². The molecule has 0 bridgehead atoms. The molecule has 0 fully saturated rings. The zero-order valence-corrected chi connectivity index (χ0v) is 13.3. The van der Waals surface area contributed by atoms with Gasteiger partial charge in [-0.2, -0.15) is 0 Å². The minimum atomic E-state index is -1.14. The number of rotatable bonds is 6. The van der Waals surface area contributed by atoms with Gasteiger partial charge >= 0.3 is 5.97 Å². The summed E-state index contributed by atoms with van der Waals surface area (Å²) in [5.41, 5.74) is 0.383. The SMILES string of the molecule is CCN(Cc1c(F)cccc1F)C(=O)c1c(C)coc1CC(=O)O. The van der Waals surface area contributed by atoms with Gasteiger partial charge in [0.15, 0.2) is 0 Å². The van der Waals surface area contributed by atoms with Gasteiger partial charge in [0.1, 0.15) is 23.8 Å². The van der Waals surface area contributed by atoms with Crippen molar-refractivity contribution in [1.29, 1.82) is 0 Å². The highest BCUT2D eigenvalue weighted by Gasteiger charge is 2.25. The number of carboxylic acids is 1. The monoisotopic (exact) mass is 337 g/mol. The molecule has 0 spiro atoms. The molecule has 1 N–H and O–H groups in total. The van der Waals surface area contributed by atoms with Gasteiger partial charge in [-0.15, -0.1) is 0 Å². The second-order valence-corrected chi connectivity index (χ2v) is 5.31. The highest BCUT2D eigenvalue weighted by atomic mass is 19.1. The van der Waals surface area contributed by atoms with Crippen LogP contribution in [0.15, 0.2) is 28.9 Å². The number of carbonyl (C=O) groups is 2. The summed E-state index contributed by atoms with van der Waals surface area (Å²) in [5, 5.41) is 8.90. The summed E-state index contributed by atoms with van der Waals surface area (Å²) in [5.74, 6) is -3.12. The molecule has 0 aliphatic rings. The average molecular weight is 337 g/mol. The molecule has 1 amide bonds. The zero-order valence-electron chi connectivity index (χ0n) is 13.3. The van der Waals surface area contributed by atoms with Gasteiger partial charge in [0.25, 0.3) is 5.91 Å². The smallest absolute Gasteiger partial charge is 0.311 e. The first kappa shape index (κ1) is 17.7. The van der Waals surface area contributed by atoms with Gasteiger partial charge in [-0.25, -0.2) is 8.78 Å². The highest BCUT2D eigenvalue weighted by molar-refractivity contribution is 5.97. The number of carbonyl (C=O) groups excluding carboxylic acids is 1. The number of aliphatic carboxylic acids is 1. The molecule has 0 aliphatic heterocycles. The van der Waals surface area contributed by atoms with E-state index in [0.717, 1.165) is 12.1 Å². The largest absolute Gasteiger partial charge is 0.481 e. The van der Waals surface area contributed by atoms with Crippen LogP contribution in [0.3, 0.4) is 0 Å². The van der Waals surface area contributed by atoms with Gasteiger partial charge in [-0.3, -0.25) is 9.59 Å². The van der Waals surface area contributed by atoms with Crippen molar-refractivity contribution in [3.05, 3.63) is 58.5 Å². The van der Waals surface area contributed by atoms with Crippen LogP contribution in [-0.2, 0) is 17.8 Å². The number of benzene rings is 1. The van der Waals surface area contributed by atoms with Crippen molar-refractivity contribution < 1.29 is 27.9 Å². The van der Waals surface area contributed by atoms with Crippen LogP contribution in [0.1, 0.15) is 34.2 Å². The summed E-state index contributed by atoms with van der Waals surface area (Å²) in [6.45, 7) is 3.22. The molecule has 0 unspecified atom stereocenters. The minimum absolute atomic E-state index is 0.0254. The van der Waals surface area contributed by atoms with Gasteiger partial charge < -0.3 is 14.4 Å². The Morgan fingerprint density at radius 2 is 1.88 bits per heavy atom. The third kappa shape index (κ3) is 3.61. The Labute approximate surface area is 137 Å². The third-order valence-electron chi connectivity index (χ3n) is 3.66. The zero-order chi connectivity index (χ0) is 17.9. The molecule has 1 aromatic carbocycles. The molecule has 0 saturated carbocycles. The first-order valence-electron chi connectivity index (χ1n) is 7.36. The van der Waals surface area contributed by atoms with Gasteiger partial charge in [0, 0.05) is 17.7 Å².